The van der Waals surface area contributed by atoms with Crippen LogP contribution < -0.4 is 29.6 Å². The number of non-ortho nitro benzene ring substituents is 1. The quantitative estimate of drug-likeness (QED) is 0.273. The van der Waals surface area contributed by atoms with E-state index in [4.69, 9.17) is 11.6 Å². The molecule has 0 bridgehead atoms. The first kappa shape index (κ1) is 17.2. The first-order valence-corrected chi connectivity index (χ1v) is 5.51. The maximum absolute atomic E-state index is 10.7. The molecule has 12 heteroatoms. The summed E-state index contributed by atoms with van der Waals surface area (Å²) in [6.07, 6.45) is 0. The number of benzene rings is 1. The molecule has 0 saturated heterocycles. The van der Waals surface area contributed by atoms with Gasteiger partial charge in [0, 0.05) is 6.07 Å². The van der Waals surface area contributed by atoms with Crippen molar-refractivity contribution in [3.05, 3.63) is 37.4 Å². The van der Waals surface area contributed by atoms with Gasteiger partial charge in [-0.05, 0) is 0 Å². The number of hydrogen-bond donors (Lipinski definition) is 0. The molecule has 0 radical (unpaired) electrons. The summed E-state index contributed by atoms with van der Waals surface area (Å²) >= 11 is 5.32. The van der Waals surface area contributed by atoms with E-state index in [9.17, 15) is 33.2 Å². The van der Waals surface area contributed by atoms with Gasteiger partial charge in [-0.25, -0.2) is 8.42 Å². The summed E-state index contributed by atoms with van der Waals surface area (Å²) < 4.78 is 32.2. The van der Waals surface area contributed by atoms with E-state index < -0.39 is 41.3 Å². The van der Waals surface area contributed by atoms with Crippen LogP contribution in [0, 0.1) is 20.2 Å². The Balaban J connectivity index is 0.00000289. The van der Waals surface area contributed by atoms with Gasteiger partial charge in [-0.15, -0.1) is 0 Å². The van der Waals surface area contributed by atoms with Crippen molar-refractivity contribution in [2.24, 2.45) is 0 Å². The average Bonchev–Trinajstić information content (AvgIpc) is 2.15. The number of nitro groups is 2. The van der Waals surface area contributed by atoms with Crippen LogP contribution in [0.3, 0.4) is 0 Å². The summed E-state index contributed by atoms with van der Waals surface area (Å²) in [5.74, 6) is 0. The summed E-state index contributed by atoms with van der Waals surface area (Å²) in [4.78, 5) is 17.5. The van der Waals surface area contributed by atoms with Gasteiger partial charge in [-0.1, -0.05) is 11.6 Å². The molecule has 92 valence electrons. The van der Waals surface area contributed by atoms with Gasteiger partial charge in [0.2, 0.25) is 0 Å². The topological polar surface area (TPSA) is 143 Å². The number of nitrogens with zero attached hydrogens (tertiary/aromatic N) is 2. The zero-order chi connectivity index (χ0) is 13.4. The molecule has 0 saturated carbocycles. The first-order valence-electron chi connectivity index (χ1n) is 3.73. The van der Waals surface area contributed by atoms with E-state index in [1.165, 1.54) is 0 Å². The van der Waals surface area contributed by atoms with E-state index in [0.717, 1.165) is 0 Å². The Morgan fingerprint density at radius 2 is 1.61 bits per heavy atom. The van der Waals surface area contributed by atoms with Crippen LogP contribution in [0.25, 0.3) is 0 Å². The summed E-state index contributed by atoms with van der Waals surface area (Å²) in [7, 11) is -5.14. The largest absolute Gasteiger partial charge is 1.00 e. The van der Waals surface area contributed by atoms with E-state index in [0.29, 0.717) is 12.1 Å². The molecule has 0 atom stereocenters. The summed E-state index contributed by atoms with van der Waals surface area (Å²) in [5.41, 5.74) is -1.93. The fraction of sp³-hybridized carbons (Fsp3) is 0. The molecule has 9 nitrogen and oxygen atoms in total. The zero-order valence-electron chi connectivity index (χ0n) is 8.69. The Labute approximate surface area is 127 Å². The van der Waals surface area contributed by atoms with Crippen molar-refractivity contribution in [3.8, 4) is 0 Å². The van der Waals surface area contributed by atoms with Crippen molar-refractivity contribution < 1.29 is 52.4 Å². The Morgan fingerprint density at radius 1 is 1.11 bits per heavy atom. The van der Waals surface area contributed by atoms with Crippen molar-refractivity contribution in [3.63, 3.8) is 0 Å². The number of nitro benzene ring substituents is 2. The van der Waals surface area contributed by atoms with Gasteiger partial charge in [0.15, 0.2) is 0 Å². The third kappa shape index (κ3) is 3.60. The summed E-state index contributed by atoms with van der Waals surface area (Å²) in [6.45, 7) is 0. The van der Waals surface area contributed by atoms with E-state index in [1.54, 1.807) is 0 Å². The van der Waals surface area contributed by atoms with Crippen molar-refractivity contribution >= 4 is 33.1 Å². The minimum Gasteiger partial charge on any atom is -0.744 e. The molecule has 0 aliphatic carbocycles. The molecule has 0 amide bonds. The van der Waals surface area contributed by atoms with Crippen molar-refractivity contribution in [1.82, 2.24) is 0 Å². The smallest absolute Gasteiger partial charge is 0.744 e. The van der Waals surface area contributed by atoms with Crippen LogP contribution >= 0.6 is 11.6 Å². The van der Waals surface area contributed by atoms with Gasteiger partial charge in [0.05, 0.1) is 20.8 Å². The second-order valence-corrected chi connectivity index (χ2v) is 4.47. The van der Waals surface area contributed by atoms with Gasteiger partial charge in [0.1, 0.15) is 15.1 Å². The van der Waals surface area contributed by atoms with Crippen LogP contribution in [0.15, 0.2) is 17.0 Å². The maximum Gasteiger partial charge on any atom is 1.00 e. The van der Waals surface area contributed by atoms with Gasteiger partial charge >= 0.3 is 29.6 Å². The molecule has 0 fully saturated rings. The molecule has 0 aliphatic rings. The van der Waals surface area contributed by atoms with Gasteiger partial charge in [-0.2, -0.15) is 0 Å². The maximum atomic E-state index is 10.7. The zero-order valence-corrected chi connectivity index (χ0v) is 12.3. The third-order valence-electron chi connectivity index (χ3n) is 1.68. The van der Waals surface area contributed by atoms with E-state index in [2.05, 4.69) is 0 Å². The fourth-order valence-electron chi connectivity index (χ4n) is 0.989. The molecule has 1 aromatic carbocycles. The van der Waals surface area contributed by atoms with E-state index >= 15 is 0 Å². The summed E-state index contributed by atoms with van der Waals surface area (Å²) in [5, 5.41) is 19.9. The minimum absolute atomic E-state index is 0. The second-order valence-electron chi connectivity index (χ2n) is 2.75. The van der Waals surface area contributed by atoms with Crippen LogP contribution in [0.5, 0.6) is 0 Å². The van der Waals surface area contributed by atoms with Crippen molar-refractivity contribution in [2.75, 3.05) is 0 Å². The van der Waals surface area contributed by atoms with Crippen LogP contribution in [0.2, 0.25) is 5.02 Å². The Kier molecular flexibility index (Phi) is 5.65. The first-order chi connectivity index (χ1) is 7.64. The fourth-order valence-corrected chi connectivity index (χ4v) is 2.04. The standard InChI is InChI=1S/C6H3ClN2O7S.Na/c7-6-4(9(12)13)1-3(8(10)11)2-5(6)17(14,15)16;/h1-2H,(H,14,15,16);/q;+1/p-1. The van der Waals surface area contributed by atoms with Crippen LogP contribution in [0.4, 0.5) is 11.4 Å². The Morgan fingerprint density at radius 3 is 1.94 bits per heavy atom. The SMILES string of the molecule is O=[N+]([O-])c1cc([N+](=O)[O-])c(Cl)c(S(=O)(=O)[O-])c1.[Na+]. The summed E-state index contributed by atoms with van der Waals surface area (Å²) in [6, 6.07) is 0.842. The normalized spacial score (nSPS) is 10.6. The molecule has 0 aliphatic heterocycles. The molecule has 18 heavy (non-hydrogen) atoms. The predicted octanol–water partition coefficient (Wildman–Crippen LogP) is -1.94. The number of rotatable bonds is 3. The van der Waals surface area contributed by atoms with Crippen molar-refractivity contribution in [1.29, 1.82) is 0 Å². The Hall–Kier alpha value is -0.780. The molecular weight excluding hydrogens is 303 g/mol. The minimum atomic E-state index is -5.14. The number of halogens is 1. The number of hydrogen-bond acceptors (Lipinski definition) is 7. The van der Waals surface area contributed by atoms with Gasteiger partial charge in [0.25, 0.3) is 11.4 Å². The van der Waals surface area contributed by atoms with Crippen LogP contribution in [-0.2, 0) is 10.1 Å². The molecule has 0 spiro atoms. The van der Waals surface area contributed by atoms with Gasteiger partial charge < -0.3 is 4.55 Å². The predicted molar refractivity (Wildman–Crippen MR) is 52.7 cm³/mol. The molecular formula is C6H2ClN2NaO7S. The van der Waals surface area contributed by atoms with Gasteiger partial charge in [-0.3, -0.25) is 20.2 Å². The molecule has 1 aromatic rings. The van der Waals surface area contributed by atoms with E-state index in [-0.39, 0.29) is 29.6 Å². The molecule has 0 N–H and O–H groups in total. The van der Waals surface area contributed by atoms with Crippen LogP contribution in [0.1, 0.15) is 0 Å². The molecule has 1 rings (SSSR count). The molecule has 0 unspecified atom stereocenters. The van der Waals surface area contributed by atoms with Crippen LogP contribution in [-0.4, -0.2) is 22.8 Å². The second kappa shape index (κ2) is 5.91. The van der Waals surface area contributed by atoms with Crippen molar-refractivity contribution in [2.45, 2.75) is 4.90 Å². The average molecular weight is 305 g/mol. The molecule has 0 aromatic heterocycles. The Bertz CT molecular complexity index is 617. The third-order valence-corrected chi connectivity index (χ3v) is 3.05. The molecule has 0 heterocycles. The monoisotopic (exact) mass is 304 g/mol. The van der Waals surface area contributed by atoms with E-state index in [1.807, 2.05) is 0 Å².